The molecular weight excluding hydrogens is 382 g/mol. The van der Waals surface area contributed by atoms with E-state index in [1.807, 2.05) is 26.2 Å². The molecule has 1 aromatic rings. The number of amides is 1. The third-order valence-electron chi connectivity index (χ3n) is 5.47. The number of nitrogens with one attached hydrogen (secondary N) is 1. The predicted octanol–water partition coefficient (Wildman–Crippen LogP) is 1.86. The van der Waals surface area contributed by atoms with E-state index in [2.05, 4.69) is 28.1 Å². The summed E-state index contributed by atoms with van der Waals surface area (Å²) < 4.78 is 10.8. The van der Waals surface area contributed by atoms with Crippen LogP contribution >= 0.6 is 0 Å². The highest BCUT2D eigenvalue weighted by Crippen LogP contribution is 2.31. The second-order valence-corrected chi connectivity index (χ2v) is 7.91. The number of ether oxygens (including phenoxy) is 2. The number of guanidine groups is 1. The van der Waals surface area contributed by atoms with Crippen LogP contribution in [0.5, 0.6) is 11.5 Å². The molecule has 0 saturated carbocycles. The van der Waals surface area contributed by atoms with Crippen molar-refractivity contribution in [1.29, 1.82) is 0 Å². The van der Waals surface area contributed by atoms with Gasteiger partial charge in [0, 0.05) is 26.1 Å². The van der Waals surface area contributed by atoms with Gasteiger partial charge in [-0.15, -0.1) is 0 Å². The van der Waals surface area contributed by atoms with Crippen molar-refractivity contribution in [2.75, 3.05) is 54.5 Å². The summed E-state index contributed by atoms with van der Waals surface area (Å²) in [5.74, 6) is 2.37. The van der Waals surface area contributed by atoms with Gasteiger partial charge in [-0.25, -0.2) is 0 Å². The highest BCUT2D eigenvalue weighted by atomic mass is 16.5. The summed E-state index contributed by atoms with van der Waals surface area (Å²) in [6.07, 6.45) is 2.50. The molecule has 1 aliphatic heterocycles. The van der Waals surface area contributed by atoms with Gasteiger partial charge in [-0.3, -0.25) is 9.79 Å². The molecule has 2 atom stereocenters. The zero-order valence-corrected chi connectivity index (χ0v) is 19.0. The lowest BCUT2D eigenvalue weighted by Gasteiger charge is -2.35. The van der Waals surface area contributed by atoms with Gasteiger partial charge >= 0.3 is 0 Å². The van der Waals surface area contributed by atoms with Crippen molar-refractivity contribution in [2.45, 2.75) is 32.2 Å². The molecule has 0 aliphatic carbocycles. The number of piperidine rings is 1. The first-order valence-electron chi connectivity index (χ1n) is 10.6. The lowest BCUT2D eigenvalue weighted by molar-refractivity contribution is -0.119. The summed E-state index contributed by atoms with van der Waals surface area (Å²) in [5.41, 5.74) is 6.53. The number of carbonyl (C=O) groups is 1. The number of aliphatic imine (C=N–C) groups is 1. The molecule has 3 N–H and O–H groups in total. The van der Waals surface area contributed by atoms with Gasteiger partial charge in [0.15, 0.2) is 17.5 Å². The van der Waals surface area contributed by atoms with Crippen molar-refractivity contribution in [3.63, 3.8) is 0 Å². The summed E-state index contributed by atoms with van der Waals surface area (Å²) in [7, 11) is 7.38. The number of primary amides is 1. The second-order valence-electron chi connectivity index (χ2n) is 7.91. The van der Waals surface area contributed by atoms with Crippen LogP contribution in [0.25, 0.3) is 0 Å². The van der Waals surface area contributed by atoms with Gasteiger partial charge in [-0.05, 0) is 57.5 Å². The molecule has 0 spiro atoms. The molecule has 1 amide bonds. The van der Waals surface area contributed by atoms with E-state index in [1.54, 1.807) is 14.2 Å². The number of nitrogens with zero attached hydrogens (tertiary/aromatic N) is 3. The third-order valence-corrected chi connectivity index (χ3v) is 5.47. The molecule has 1 aromatic carbocycles. The lowest BCUT2D eigenvalue weighted by Crippen LogP contribution is -2.47. The van der Waals surface area contributed by atoms with Gasteiger partial charge < -0.3 is 30.3 Å². The van der Waals surface area contributed by atoms with Gasteiger partial charge in [0.1, 0.15) is 0 Å². The van der Waals surface area contributed by atoms with Crippen molar-refractivity contribution >= 4 is 11.9 Å². The van der Waals surface area contributed by atoms with Crippen molar-refractivity contribution in [3.05, 3.63) is 23.8 Å². The Morgan fingerprint density at radius 1 is 1.33 bits per heavy atom. The van der Waals surface area contributed by atoms with E-state index in [9.17, 15) is 4.79 Å². The number of rotatable bonds is 9. The maximum atomic E-state index is 11.3. The molecule has 1 fully saturated rings. The molecule has 1 aliphatic rings. The van der Waals surface area contributed by atoms with Crippen LogP contribution in [0.4, 0.5) is 0 Å². The first kappa shape index (κ1) is 23.8. The number of hydrogen-bond donors (Lipinski definition) is 2. The number of nitrogens with two attached hydrogens (primary N) is 1. The summed E-state index contributed by atoms with van der Waals surface area (Å²) in [4.78, 5) is 20.7. The summed E-state index contributed by atoms with van der Waals surface area (Å²) in [6.45, 7) is 5.20. The molecule has 0 bridgehead atoms. The number of likely N-dealkylation sites (N-methyl/N-ethyl adjacent to an activating group) is 1. The summed E-state index contributed by atoms with van der Waals surface area (Å²) in [6, 6.07) is 6.08. The normalized spacial score (nSPS) is 18.3. The summed E-state index contributed by atoms with van der Waals surface area (Å²) >= 11 is 0. The van der Waals surface area contributed by atoms with Gasteiger partial charge in [-0.2, -0.15) is 0 Å². The maximum Gasteiger partial charge on any atom is 0.217 e. The van der Waals surface area contributed by atoms with Crippen LogP contribution in [0.3, 0.4) is 0 Å². The summed E-state index contributed by atoms with van der Waals surface area (Å²) in [5, 5.41) is 3.41. The molecule has 1 saturated heterocycles. The van der Waals surface area contributed by atoms with Gasteiger partial charge in [0.05, 0.1) is 26.8 Å². The predicted molar refractivity (Wildman–Crippen MR) is 120 cm³/mol. The molecular formula is C22H37N5O3. The second kappa shape index (κ2) is 11.6. The molecule has 8 heteroatoms. The van der Waals surface area contributed by atoms with Crippen molar-refractivity contribution < 1.29 is 14.3 Å². The fourth-order valence-corrected chi connectivity index (χ4v) is 3.93. The van der Waals surface area contributed by atoms with Crippen LogP contribution in [-0.2, 0) is 4.79 Å². The van der Waals surface area contributed by atoms with E-state index in [-0.39, 0.29) is 17.9 Å². The SMILES string of the molecule is CCNC(=NCC(c1ccc(OC)c(OC)c1)N(C)C)N1CCCC(CC(N)=O)C1. The topological polar surface area (TPSA) is 92.4 Å². The zero-order valence-electron chi connectivity index (χ0n) is 19.0. The molecule has 0 radical (unpaired) electrons. The molecule has 0 aromatic heterocycles. The smallest absolute Gasteiger partial charge is 0.217 e. The fraction of sp³-hybridized carbons (Fsp3) is 0.636. The van der Waals surface area contributed by atoms with Crippen LogP contribution < -0.4 is 20.5 Å². The Hall–Kier alpha value is -2.48. The Morgan fingerprint density at radius 3 is 2.67 bits per heavy atom. The Morgan fingerprint density at radius 2 is 2.07 bits per heavy atom. The van der Waals surface area contributed by atoms with Gasteiger partial charge in [0.2, 0.25) is 5.91 Å². The monoisotopic (exact) mass is 419 g/mol. The van der Waals surface area contributed by atoms with Crippen molar-refractivity contribution in [1.82, 2.24) is 15.1 Å². The van der Waals surface area contributed by atoms with Crippen LogP contribution in [-0.4, -0.2) is 76.2 Å². The van der Waals surface area contributed by atoms with E-state index in [0.29, 0.717) is 24.5 Å². The van der Waals surface area contributed by atoms with Crippen LogP contribution in [0.2, 0.25) is 0 Å². The minimum Gasteiger partial charge on any atom is -0.493 e. The average Bonchev–Trinajstić information content (AvgIpc) is 2.72. The van der Waals surface area contributed by atoms with E-state index in [0.717, 1.165) is 44.0 Å². The Bertz CT molecular complexity index is 723. The molecule has 30 heavy (non-hydrogen) atoms. The van der Waals surface area contributed by atoms with Crippen LogP contribution in [0.15, 0.2) is 23.2 Å². The number of likely N-dealkylation sites (tertiary alicyclic amines) is 1. The fourth-order valence-electron chi connectivity index (χ4n) is 3.93. The average molecular weight is 420 g/mol. The van der Waals surface area contributed by atoms with Crippen molar-refractivity contribution in [3.8, 4) is 11.5 Å². The molecule has 2 rings (SSSR count). The quantitative estimate of drug-likeness (QED) is 0.469. The van der Waals surface area contributed by atoms with Gasteiger partial charge in [0.25, 0.3) is 0 Å². The third kappa shape index (κ3) is 6.52. The molecule has 2 unspecified atom stereocenters. The van der Waals surface area contributed by atoms with Crippen LogP contribution in [0.1, 0.15) is 37.8 Å². The molecule has 8 nitrogen and oxygen atoms in total. The standard InChI is InChI=1S/C22H37N5O3/c1-6-24-22(27-11-7-8-16(15-27)12-21(23)28)25-14-18(26(2)3)17-9-10-19(29-4)20(13-17)30-5/h9-10,13,16,18H,6-8,11-12,14-15H2,1-5H3,(H2,23,28)(H,24,25). The zero-order chi connectivity index (χ0) is 22.1. The number of benzene rings is 1. The Kier molecular flexibility index (Phi) is 9.23. The van der Waals surface area contributed by atoms with E-state index in [1.165, 1.54) is 0 Å². The molecule has 168 valence electrons. The van der Waals surface area contributed by atoms with Crippen LogP contribution in [0, 0.1) is 5.92 Å². The minimum absolute atomic E-state index is 0.0877. The first-order valence-corrected chi connectivity index (χ1v) is 10.6. The highest BCUT2D eigenvalue weighted by molar-refractivity contribution is 5.80. The molecule has 1 heterocycles. The van der Waals surface area contributed by atoms with Gasteiger partial charge in [-0.1, -0.05) is 6.07 Å². The Balaban J connectivity index is 2.20. The lowest BCUT2D eigenvalue weighted by atomic mass is 9.95. The van der Waals surface area contributed by atoms with E-state index in [4.69, 9.17) is 20.2 Å². The van der Waals surface area contributed by atoms with E-state index < -0.39 is 0 Å². The minimum atomic E-state index is -0.232. The first-order chi connectivity index (χ1) is 14.4. The largest absolute Gasteiger partial charge is 0.493 e. The number of carbonyl (C=O) groups excluding carboxylic acids is 1. The maximum absolute atomic E-state index is 11.3. The number of methoxy groups -OCH3 is 2. The van der Waals surface area contributed by atoms with E-state index >= 15 is 0 Å². The Labute approximate surface area is 180 Å². The highest BCUT2D eigenvalue weighted by Gasteiger charge is 2.24. The number of hydrogen-bond acceptors (Lipinski definition) is 5. The van der Waals surface area contributed by atoms with Crippen molar-refractivity contribution in [2.24, 2.45) is 16.6 Å².